The van der Waals surface area contributed by atoms with Crippen LogP contribution in [0.4, 0.5) is 0 Å². The monoisotopic (exact) mass is 370 g/mol. The van der Waals surface area contributed by atoms with Gasteiger partial charge in [0.25, 0.3) is 0 Å². The minimum Gasteiger partial charge on any atom is -0.348 e. The maximum absolute atomic E-state index is 13.0. The van der Waals surface area contributed by atoms with Gasteiger partial charge < -0.3 is 10.2 Å². The summed E-state index contributed by atoms with van der Waals surface area (Å²) in [6, 6.07) is -0.112. The van der Waals surface area contributed by atoms with Gasteiger partial charge in [0.1, 0.15) is 0 Å². The second kappa shape index (κ2) is 5.66. The van der Waals surface area contributed by atoms with Crippen LogP contribution in [0, 0.1) is 23.2 Å². The summed E-state index contributed by atoms with van der Waals surface area (Å²) in [4.78, 5) is 14.8. The van der Waals surface area contributed by atoms with E-state index in [0.29, 0.717) is 29.3 Å². The van der Waals surface area contributed by atoms with Crippen molar-refractivity contribution in [3.05, 3.63) is 0 Å². The minimum atomic E-state index is -2.95. The number of hydrogen-bond donors (Lipinski definition) is 1. The lowest BCUT2D eigenvalue weighted by molar-refractivity contribution is -0.144. The molecular formula is C17H26N2O3S2. The molecule has 4 bridgehead atoms. The molecule has 0 aromatic rings. The first-order valence-electron chi connectivity index (χ1n) is 9.05. The molecule has 1 atom stereocenters. The molecule has 1 heterocycles. The van der Waals surface area contributed by atoms with Gasteiger partial charge >= 0.3 is 0 Å². The normalized spacial score (nSPS) is 42.0. The maximum Gasteiger partial charge on any atom is 0.232 e. The van der Waals surface area contributed by atoms with Crippen molar-refractivity contribution in [2.24, 2.45) is 23.2 Å². The molecule has 4 aliphatic carbocycles. The number of thiocarbonyl (C=S) groups is 1. The number of rotatable bonds is 2. The van der Waals surface area contributed by atoms with Crippen LogP contribution < -0.4 is 5.32 Å². The highest BCUT2D eigenvalue weighted by Crippen LogP contribution is 2.60. The zero-order valence-corrected chi connectivity index (χ0v) is 15.8. The Morgan fingerprint density at radius 1 is 1.12 bits per heavy atom. The van der Waals surface area contributed by atoms with Crippen LogP contribution in [0.15, 0.2) is 0 Å². The van der Waals surface area contributed by atoms with Gasteiger partial charge in [0.05, 0.1) is 16.9 Å². The zero-order chi connectivity index (χ0) is 17.1. The summed E-state index contributed by atoms with van der Waals surface area (Å²) in [5.41, 5.74) is -0.221. The van der Waals surface area contributed by atoms with Crippen molar-refractivity contribution in [2.75, 3.05) is 18.6 Å². The van der Waals surface area contributed by atoms with E-state index < -0.39 is 9.84 Å². The van der Waals surface area contributed by atoms with E-state index in [4.69, 9.17) is 12.2 Å². The van der Waals surface area contributed by atoms with Crippen LogP contribution in [-0.4, -0.2) is 48.9 Å². The van der Waals surface area contributed by atoms with Crippen LogP contribution in [0.5, 0.6) is 0 Å². The SMILES string of the molecule is CN(C(=S)NC(=O)C12CC3CC(CC(C3)C1)C2)C1CCS(=O)(=O)C1. The van der Waals surface area contributed by atoms with Crippen molar-refractivity contribution in [3.63, 3.8) is 0 Å². The molecule has 0 aromatic heterocycles. The average molecular weight is 371 g/mol. The molecule has 134 valence electrons. The number of nitrogens with one attached hydrogen (secondary N) is 1. The molecule has 5 aliphatic rings. The molecule has 1 unspecified atom stereocenters. The maximum atomic E-state index is 13.0. The third-order valence-corrected chi connectivity index (χ3v) is 8.96. The fourth-order valence-corrected chi connectivity index (χ4v) is 7.97. The number of nitrogens with zero attached hydrogens (tertiary/aromatic N) is 1. The molecule has 5 rings (SSSR count). The van der Waals surface area contributed by atoms with E-state index in [9.17, 15) is 13.2 Å². The molecule has 5 nitrogen and oxygen atoms in total. The minimum absolute atomic E-state index is 0.0827. The molecule has 0 radical (unpaired) electrons. The summed E-state index contributed by atoms with van der Waals surface area (Å²) in [7, 11) is -1.15. The van der Waals surface area contributed by atoms with Crippen LogP contribution in [0.1, 0.15) is 44.9 Å². The lowest BCUT2D eigenvalue weighted by atomic mass is 9.49. The molecule has 1 aliphatic heterocycles. The lowest BCUT2D eigenvalue weighted by Crippen LogP contribution is -2.56. The van der Waals surface area contributed by atoms with Crippen molar-refractivity contribution < 1.29 is 13.2 Å². The Kier molecular flexibility index (Phi) is 3.95. The van der Waals surface area contributed by atoms with Gasteiger partial charge in [0.2, 0.25) is 5.91 Å². The summed E-state index contributed by atoms with van der Waals surface area (Å²) in [5.74, 6) is 2.58. The fraction of sp³-hybridized carbons (Fsp3) is 0.882. The topological polar surface area (TPSA) is 66.5 Å². The van der Waals surface area contributed by atoms with Crippen LogP contribution >= 0.6 is 12.2 Å². The number of sulfone groups is 1. The van der Waals surface area contributed by atoms with Crippen molar-refractivity contribution in [3.8, 4) is 0 Å². The molecule has 5 fully saturated rings. The van der Waals surface area contributed by atoms with Crippen LogP contribution in [0.25, 0.3) is 0 Å². The van der Waals surface area contributed by atoms with E-state index in [1.165, 1.54) is 19.3 Å². The fourth-order valence-electron chi connectivity index (χ4n) is 5.95. The molecule has 1 amide bonds. The smallest absolute Gasteiger partial charge is 0.232 e. The Bertz CT molecular complexity index is 638. The summed E-state index contributed by atoms with van der Waals surface area (Å²) >= 11 is 5.42. The lowest BCUT2D eigenvalue weighted by Gasteiger charge is -2.55. The standard InChI is InChI=1S/C17H26N2O3S2/c1-19(14-2-3-24(21,22)10-14)16(23)18-15(20)17-7-11-4-12(8-17)6-13(5-11)9-17/h11-14H,2-10H2,1H3,(H,18,20,23). The molecule has 0 aromatic carbocycles. The van der Waals surface area contributed by atoms with E-state index in [-0.39, 0.29) is 28.9 Å². The summed E-state index contributed by atoms with van der Waals surface area (Å²) in [6.07, 6.45) is 7.52. The van der Waals surface area contributed by atoms with Gasteiger partial charge in [-0.2, -0.15) is 0 Å². The highest BCUT2D eigenvalue weighted by atomic mass is 32.2. The summed E-state index contributed by atoms with van der Waals surface area (Å²) in [6.45, 7) is 0. The van der Waals surface area contributed by atoms with Gasteiger partial charge in [0.15, 0.2) is 14.9 Å². The third kappa shape index (κ3) is 2.87. The molecule has 1 N–H and O–H groups in total. The zero-order valence-electron chi connectivity index (χ0n) is 14.2. The second-order valence-corrected chi connectivity index (χ2v) is 11.2. The Morgan fingerprint density at radius 2 is 1.67 bits per heavy atom. The van der Waals surface area contributed by atoms with E-state index in [1.54, 1.807) is 11.9 Å². The molecule has 1 saturated heterocycles. The number of hydrogen-bond acceptors (Lipinski definition) is 4. The van der Waals surface area contributed by atoms with Gasteiger partial charge in [-0.05, 0) is 74.9 Å². The highest BCUT2D eigenvalue weighted by molar-refractivity contribution is 7.91. The van der Waals surface area contributed by atoms with Gasteiger partial charge in [0, 0.05) is 13.1 Å². The van der Waals surface area contributed by atoms with Gasteiger partial charge in [-0.25, -0.2) is 8.42 Å². The second-order valence-electron chi connectivity index (χ2n) is 8.62. The first kappa shape index (κ1) is 16.8. The number of amides is 1. The van der Waals surface area contributed by atoms with Crippen LogP contribution in [0.3, 0.4) is 0 Å². The van der Waals surface area contributed by atoms with Crippen molar-refractivity contribution >= 4 is 33.1 Å². The number of carbonyl (C=O) groups is 1. The van der Waals surface area contributed by atoms with Crippen LogP contribution in [-0.2, 0) is 14.6 Å². The Labute approximate surface area is 149 Å². The van der Waals surface area contributed by atoms with Gasteiger partial charge in [-0.15, -0.1) is 0 Å². The quantitative estimate of drug-likeness (QED) is 0.750. The number of carbonyl (C=O) groups excluding carboxylic acids is 1. The molecular weight excluding hydrogens is 344 g/mol. The first-order valence-corrected chi connectivity index (χ1v) is 11.3. The van der Waals surface area contributed by atoms with E-state index in [2.05, 4.69) is 5.32 Å². The predicted molar refractivity (Wildman–Crippen MR) is 96.2 cm³/mol. The van der Waals surface area contributed by atoms with Crippen molar-refractivity contribution in [1.82, 2.24) is 10.2 Å². The largest absolute Gasteiger partial charge is 0.348 e. The van der Waals surface area contributed by atoms with E-state index in [1.807, 2.05) is 0 Å². The third-order valence-electron chi connectivity index (χ3n) is 6.82. The predicted octanol–water partition coefficient (Wildman–Crippen LogP) is 1.72. The first-order chi connectivity index (χ1) is 11.3. The molecule has 7 heteroatoms. The summed E-state index contributed by atoms with van der Waals surface area (Å²) < 4.78 is 23.3. The summed E-state index contributed by atoms with van der Waals surface area (Å²) in [5, 5.41) is 3.35. The Morgan fingerprint density at radius 3 is 2.12 bits per heavy atom. The Hall–Kier alpha value is -0.690. The molecule has 0 spiro atoms. The highest BCUT2D eigenvalue weighted by Gasteiger charge is 2.54. The Balaban J connectivity index is 1.42. The van der Waals surface area contributed by atoms with E-state index in [0.717, 1.165) is 19.3 Å². The average Bonchev–Trinajstić information content (AvgIpc) is 2.85. The van der Waals surface area contributed by atoms with Crippen molar-refractivity contribution in [2.45, 2.75) is 51.0 Å². The van der Waals surface area contributed by atoms with Gasteiger partial charge in [-0.1, -0.05) is 0 Å². The van der Waals surface area contributed by atoms with E-state index >= 15 is 0 Å². The molecule has 4 saturated carbocycles. The van der Waals surface area contributed by atoms with Crippen molar-refractivity contribution in [1.29, 1.82) is 0 Å². The van der Waals surface area contributed by atoms with Gasteiger partial charge in [-0.3, -0.25) is 4.79 Å². The van der Waals surface area contributed by atoms with Crippen LogP contribution in [0.2, 0.25) is 0 Å². The molecule has 24 heavy (non-hydrogen) atoms.